The van der Waals surface area contributed by atoms with Crippen LogP contribution in [0, 0.1) is 0 Å². The maximum absolute atomic E-state index is 5.77. The Bertz CT molecular complexity index is 4380. The first kappa shape index (κ1) is 42.9. The molecule has 4 nitrogen and oxygen atoms in total. The first-order chi connectivity index (χ1) is 37.2. The number of rotatable bonds is 7. The molecule has 0 N–H and O–H groups in total. The molecule has 0 spiro atoms. The van der Waals surface area contributed by atoms with Gasteiger partial charge in [0.05, 0.1) is 27.8 Å². The second-order valence-corrected chi connectivity index (χ2v) is 23.4. The lowest BCUT2D eigenvalue weighted by molar-refractivity contribution is 0.952. The van der Waals surface area contributed by atoms with Crippen molar-refractivity contribution in [1.82, 2.24) is 19.1 Å². The largest absolute Gasteiger partial charge is 0.294 e. The molecule has 0 unspecified atom stereocenters. The molecule has 1 aliphatic carbocycles. The van der Waals surface area contributed by atoms with Crippen molar-refractivity contribution >= 4 is 72.4 Å². The van der Waals surface area contributed by atoms with Crippen LogP contribution >= 0.6 is 0 Å². The van der Waals surface area contributed by atoms with E-state index >= 15 is 0 Å². The van der Waals surface area contributed by atoms with Crippen molar-refractivity contribution in [2.45, 2.75) is 0 Å². The first-order valence-corrected chi connectivity index (χ1v) is 27.7. The van der Waals surface area contributed by atoms with Gasteiger partial charge in [-0.05, 0) is 84.0 Å². The molecule has 1 aliphatic rings. The molecule has 3 aromatic heterocycles. The van der Waals surface area contributed by atoms with Crippen LogP contribution in [0.4, 0.5) is 0 Å². The van der Waals surface area contributed by atoms with E-state index in [1.807, 2.05) is 0 Å². The van der Waals surface area contributed by atoms with E-state index in [2.05, 4.69) is 288 Å². The normalized spacial score (nSPS) is 12.0. The molecule has 75 heavy (non-hydrogen) atoms. The molecule has 14 aromatic rings. The van der Waals surface area contributed by atoms with E-state index in [1.54, 1.807) is 0 Å². The SMILES string of the molecule is c1ccc([Si](c2ccccc2)(c2ccccc2)c2cccc(-c3cc(-n4c5ccccc5c5ccccc54)nc(-n4c5ccccc5c5c6c(ccc54)-c4ccccc4-c4ccccc4-c4ccccc4-6)n3)c2)cc1. The highest BCUT2D eigenvalue weighted by molar-refractivity contribution is 7.19. The van der Waals surface area contributed by atoms with Gasteiger partial charge in [0.1, 0.15) is 5.82 Å². The third-order valence-electron chi connectivity index (χ3n) is 15.7. The fourth-order valence-corrected chi connectivity index (χ4v) is 17.3. The number of fused-ring (bicyclic) bond motifs is 15. The van der Waals surface area contributed by atoms with Crippen LogP contribution in [0.3, 0.4) is 0 Å². The van der Waals surface area contributed by atoms with Gasteiger partial charge in [0.15, 0.2) is 8.07 Å². The summed E-state index contributed by atoms with van der Waals surface area (Å²) in [7, 11) is -2.89. The van der Waals surface area contributed by atoms with E-state index < -0.39 is 8.07 Å². The number of hydrogen-bond donors (Lipinski definition) is 0. The first-order valence-electron chi connectivity index (χ1n) is 25.7. The van der Waals surface area contributed by atoms with Gasteiger partial charge in [-0.2, -0.15) is 4.98 Å². The van der Waals surface area contributed by atoms with Gasteiger partial charge in [0, 0.05) is 38.7 Å². The summed E-state index contributed by atoms with van der Waals surface area (Å²) >= 11 is 0. The summed E-state index contributed by atoms with van der Waals surface area (Å²) in [6, 6.07) is 102. The molecule has 0 aliphatic heterocycles. The lowest BCUT2D eigenvalue weighted by atomic mass is 9.79. The molecule has 0 amide bonds. The smallest absolute Gasteiger partial charge is 0.237 e. The van der Waals surface area contributed by atoms with Gasteiger partial charge >= 0.3 is 0 Å². The van der Waals surface area contributed by atoms with E-state index in [-0.39, 0.29) is 0 Å². The van der Waals surface area contributed by atoms with E-state index in [9.17, 15) is 0 Å². The zero-order chi connectivity index (χ0) is 49.5. The summed E-state index contributed by atoms with van der Waals surface area (Å²) in [4.78, 5) is 11.5. The minimum absolute atomic E-state index is 0.600. The Hall–Kier alpha value is -9.68. The van der Waals surface area contributed by atoms with Crippen LogP contribution in [0.5, 0.6) is 0 Å². The molecule has 15 rings (SSSR count). The Kier molecular flexibility index (Phi) is 9.87. The lowest BCUT2D eigenvalue weighted by Crippen LogP contribution is -2.74. The predicted octanol–water partition coefficient (Wildman–Crippen LogP) is 14.7. The average molecular weight is 971 g/mol. The third kappa shape index (κ3) is 6.55. The van der Waals surface area contributed by atoms with Crippen molar-refractivity contribution < 1.29 is 0 Å². The molecule has 3 heterocycles. The van der Waals surface area contributed by atoms with Gasteiger partial charge < -0.3 is 0 Å². The van der Waals surface area contributed by atoms with Gasteiger partial charge in [-0.3, -0.25) is 9.13 Å². The van der Waals surface area contributed by atoms with Gasteiger partial charge in [-0.25, -0.2) is 4.98 Å². The number of para-hydroxylation sites is 3. The molecule has 0 bridgehead atoms. The van der Waals surface area contributed by atoms with E-state index in [0.717, 1.165) is 44.5 Å². The van der Waals surface area contributed by atoms with Crippen LogP contribution in [0.1, 0.15) is 0 Å². The number of aromatic nitrogens is 4. The summed E-state index contributed by atoms with van der Waals surface area (Å²) in [6.07, 6.45) is 0. The van der Waals surface area contributed by atoms with Crippen LogP contribution < -0.4 is 20.7 Å². The molecule has 350 valence electrons. The monoisotopic (exact) mass is 970 g/mol. The van der Waals surface area contributed by atoms with Crippen molar-refractivity contribution in [2.24, 2.45) is 0 Å². The summed E-state index contributed by atoms with van der Waals surface area (Å²) in [6.45, 7) is 0. The van der Waals surface area contributed by atoms with Gasteiger partial charge in [0.25, 0.3) is 0 Å². The highest BCUT2D eigenvalue weighted by atomic mass is 28.3. The number of benzene rings is 11. The topological polar surface area (TPSA) is 35.6 Å². The molecule has 0 saturated heterocycles. The van der Waals surface area contributed by atoms with Crippen LogP contribution in [-0.4, -0.2) is 27.2 Å². The summed E-state index contributed by atoms with van der Waals surface area (Å²) < 4.78 is 4.64. The highest BCUT2D eigenvalue weighted by Gasteiger charge is 2.41. The van der Waals surface area contributed by atoms with Crippen molar-refractivity contribution in [1.29, 1.82) is 0 Å². The molecule has 0 atom stereocenters. The average Bonchev–Trinajstić information content (AvgIpc) is 4.02. The van der Waals surface area contributed by atoms with Crippen molar-refractivity contribution in [2.75, 3.05) is 0 Å². The Labute approximate surface area is 435 Å². The number of nitrogens with zero attached hydrogens (tertiary/aromatic N) is 4. The van der Waals surface area contributed by atoms with E-state index in [4.69, 9.17) is 9.97 Å². The minimum Gasteiger partial charge on any atom is -0.294 e. The van der Waals surface area contributed by atoms with Gasteiger partial charge in [-0.1, -0.05) is 249 Å². The third-order valence-corrected chi connectivity index (χ3v) is 20.5. The minimum atomic E-state index is -2.89. The Balaban J connectivity index is 1.04. The maximum Gasteiger partial charge on any atom is 0.237 e. The van der Waals surface area contributed by atoms with Crippen molar-refractivity contribution in [3.05, 3.63) is 279 Å². The fourth-order valence-electron chi connectivity index (χ4n) is 12.6. The standard InChI is InChI=1S/C70H46N4Si/c1-4-24-48(25-5-1)75(49-26-6-2-7-27-49,50-28-8-3-9-29-50)51-30-22-23-47(45-51)62-46-67(73-63-40-19-16-36-57(63)58-37-17-20-41-64(58)73)72-70(71-62)74-65-42-21-18-39-61(65)69-66(74)44-43-60-56-35-13-12-33-54(56)52-31-10-11-32-53(52)55-34-14-15-38-59(55)68(60)69/h1-46H. The summed E-state index contributed by atoms with van der Waals surface area (Å²) in [5.74, 6) is 1.40. The molecule has 0 radical (unpaired) electrons. The van der Waals surface area contributed by atoms with Gasteiger partial charge in [-0.15, -0.1) is 0 Å². The molecule has 5 heteroatoms. The molecular formula is C70H46N4Si. The molecule has 11 aromatic carbocycles. The van der Waals surface area contributed by atoms with E-state index in [0.29, 0.717) is 5.95 Å². The van der Waals surface area contributed by atoms with Crippen LogP contribution in [0.15, 0.2) is 279 Å². The Morgan fingerprint density at radius 3 is 1.25 bits per heavy atom. The number of hydrogen-bond acceptors (Lipinski definition) is 2. The van der Waals surface area contributed by atoms with Crippen LogP contribution in [0.2, 0.25) is 0 Å². The molecule has 0 fully saturated rings. The Morgan fingerprint density at radius 1 is 0.280 bits per heavy atom. The lowest BCUT2D eigenvalue weighted by Gasteiger charge is -2.34. The quantitative estimate of drug-likeness (QED) is 0.118. The highest BCUT2D eigenvalue weighted by Crippen LogP contribution is 2.51. The summed E-state index contributed by atoms with van der Waals surface area (Å²) in [5, 5.41) is 9.91. The second-order valence-electron chi connectivity index (χ2n) is 19.6. The van der Waals surface area contributed by atoms with Crippen molar-refractivity contribution in [3.8, 4) is 67.5 Å². The van der Waals surface area contributed by atoms with Crippen molar-refractivity contribution in [3.63, 3.8) is 0 Å². The molecule has 0 saturated carbocycles. The second kappa shape index (κ2) is 17.2. The molecular weight excluding hydrogens is 925 g/mol. The van der Waals surface area contributed by atoms with Crippen LogP contribution in [-0.2, 0) is 0 Å². The predicted molar refractivity (Wildman–Crippen MR) is 315 cm³/mol. The summed E-state index contributed by atoms with van der Waals surface area (Å²) in [5.41, 5.74) is 15.8. The zero-order valence-corrected chi connectivity index (χ0v) is 41.8. The van der Waals surface area contributed by atoms with Crippen LogP contribution in [0.25, 0.3) is 111 Å². The van der Waals surface area contributed by atoms with Gasteiger partial charge in [0.2, 0.25) is 5.95 Å². The zero-order valence-electron chi connectivity index (χ0n) is 40.8. The van der Waals surface area contributed by atoms with E-state index in [1.165, 1.54) is 81.4 Å². The maximum atomic E-state index is 5.77. The Morgan fingerprint density at radius 2 is 0.707 bits per heavy atom. The fraction of sp³-hybridized carbons (Fsp3) is 0.